The highest BCUT2D eigenvalue weighted by Crippen LogP contribution is 2.36. The van der Waals surface area contributed by atoms with Crippen molar-refractivity contribution >= 4 is 22.4 Å². The van der Waals surface area contributed by atoms with Crippen molar-refractivity contribution in [3.05, 3.63) is 72.8 Å². The second-order valence-corrected chi connectivity index (χ2v) is 8.26. The molecular formula is C25H23N7. The summed E-state index contributed by atoms with van der Waals surface area (Å²) in [7, 11) is 0. The lowest BCUT2D eigenvalue weighted by molar-refractivity contribution is 0.582. The van der Waals surface area contributed by atoms with Crippen LogP contribution in [0.2, 0.25) is 0 Å². The van der Waals surface area contributed by atoms with Gasteiger partial charge in [-0.2, -0.15) is 0 Å². The Morgan fingerprint density at radius 1 is 0.969 bits per heavy atom. The molecule has 0 spiro atoms. The smallest absolute Gasteiger partial charge is 0.227 e. The lowest BCUT2D eigenvalue weighted by Gasteiger charge is -2.17. The Bertz CT molecular complexity index is 1420. The van der Waals surface area contributed by atoms with Gasteiger partial charge in [0.25, 0.3) is 0 Å². The number of nitrogens with two attached hydrogens (primary N) is 1. The zero-order valence-corrected chi connectivity index (χ0v) is 17.6. The molecule has 32 heavy (non-hydrogen) atoms. The van der Waals surface area contributed by atoms with Crippen molar-refractivity contribution in [2.75, 3.05) is 12.3 Å². The quantitative estimate of drug-likeness (QED) is 0.457. The molecule has 7 heteroatoms. The van der Waals surface area contributed by atoms with Crippen LogP contribution in [0.25, 0.3) is 38.8 Å². The summed E-state index contributed by atoms with van der Waals surface area (Å²) in [5.74, 6) is 1.24. The minimum absolute atomic E-state index is 0.365. The van der Waals surface area contributed by atoms with Crippen LogP contribution in [0.3, 0.4) is 0 Å². The second kappa shape index (κ2) is 7.69. The molecule has 1 saturated heterocycles. The van der Waals surface area contributed by atoms with Crippen molar-refractivity contribution in [3.8, 4) is 22.4 Å². The van der Waals surface area contributed by atoms with Crippen molar-refractivity contribution in [3.63, 3.8) is 0 Å². The maximum atomic E-state index is 6.30. The molecule has 0 unspecified atom stereocenters. The molecule has 7 nitrogen and oxygen atoms in total. The van der Waals surface area contributed by atoms with E-state index in [1.165, 1.54) is 11.8 Å². The first-order chi connectivity index (χ1) is 15.8. The molecule has 158 valence electrons. The predicted octanol–water partition coefficient (Wildman–Crippen LogP) is 3.88. The van der Waals surface area contributed by atoms with E-state index < -0.39 is 0 Å². The number of anilines is 1. The van der Waals surface area contributed by atoms with E-state index in [0.717, 1.165) is 58.6 Å². The van der Waals surface area contributed by atoms with E-state index in [-0.39, 0.29) is 0 Å². The Morgan fingerprint density at radius 2 is 1.81 bits per heavy atom. The highest BCUT2D eigenvalue weighted by molar-refractivity contribution is 5.95. The SMILES string of the molecule is Nc1nnc2c(-c3ccc4ccccc4c3)c(-c3ccncc3)nc(C[C@@H]3CCCN3)n12. The Kier molecular flexibility index (Phi) is 4.54. The van der Waals surface area contributed by atoms with E-state index in [0.29, 0.717) is 12.0 Å². The Morgan fingerprint density at radius 3 is 2.62 bits per heavy atom. The molecular weight excluding hydrogens is 398 g/mol. The van der Waals surface area contributed by atoms with Crippen molar-refractivity contribution in [2.45, 2.75) is 25.3 Å². The van der Waals surface area contributed by atoms with Gasteiger partial charge in [0.15, 0.2) is 5.65 Å². The third-order valence-electron chi connectivity index (χ3n) is 6.23. The molecule has 3 aromatic heterocycles. The third kappa shape index (κ3) is 3.18. The molecule has 0 radical (unpaired) electrons. The van der Waals surface area contributed by atoms with E-state index in [4.69, 9.17) is 10.7 Å². The first kappa shape index (κ1) is 18.9. The van der Waals surface area contributed by atoms with E-state index in [1.54, 1.807) is 12.4 Å². The number of fused-ring (bicyclic) bond motifs is 2. The van der Waals surface area contributed by atoms with Crippen molar-refractivity contribution < 1.29 is 0 Å². The largest absolute Gasteiger partial charge is 0.368 e. The molecule has 0 amide bonds. The van der Waals surface area contributed by atoms with Gasteiger partial charge in [-0.05, 0) is 53.9 Å². The van der Waals surface area contributed by atoms with Crippen LogP contribution in [0.1, 0.15) is 18.7 Å². The number of nitrogen functional groups attached to an aromatic ring is 1. The third-order valence-corrected chi connectivity index (χ3v) is 6.23. The second-order valence-electron chi connectivity index (χ2n) is 8.26. The molecule has 5 aromatic rings. The normalized spacial score (nSPS) is 16.2. The average molecular weight is 422 g/mol. The monoisotopic (exact) mass is 421 g/mol. The fourth-order valence-corrected chi connectivity index (χ4v) is 4.67. The molecule has 0 bridgehead atoms. The average Bonchev–Trinajstić information content (AvgIpc) is 3.49. The summed E-state index contributed by atoms with van der Waals surface area (Å²) < 4.78 is 1.91. The van der Waals surface area contributed by atoms with Gasteiger partial charge in [-0.15, -0.1) is 10.2 Å². The Labute approximate surface area is 185 Å². The first-order valence-electron chi connectivity index (χ1n) is 10.9. The van der Waals surface area contributed by atoms with Crippen LogP contribution >= 0.6 is 0 Å². The highest BCUT2D eigenvalue weighted by atomic mass is 15.3. The topological polar surface area (TPSA) is 94.0 Å². The van der Waals surface area contributed by atoms with Gasteiger partial charge in [-0.1, -0.05) is 36.4 Å². The van der Waals surface area contributed by atoms with E-state index in [1.807, 2.05) is 16.5 Å². The van der Waals surface area contributed by atoms with Crippen LogP contribution in [0, 0.1) is 0 Å². The number of benzene rings is 2. The molecule has 4 heterocycles. The van der Waals surface area contributed by atoms with Crippen molar-refractivity contribution in [1.29, 1.82) is 0 Å². The lowest BCUT2D eigenvalue weighted by Crippen LogP contribution is -2.25. The van der Waals surface area contributed by atoms with Gasteiger partial charge in [0, 0.05) is 30.4 Å². The summed E-state index contributed by atoms with van der Waals surface area (Å²) in [5, 5.41) is 14.7. The number of nitrogens with zero attached hydrogens (tertiary/aromatic N) is 5. The van der Waals surface area contributed by atoms with Gasteiger partial charge in [-0.3, -0.25) is 4.98 Å². The number of hydrogen-bond acceptors (Lipinski definition) is 6. The zero-order chi connectivity index (χ0) is 21.5. The number of aromatic nitrogens is 5. The van der Waals surface area contributed by atoms with Gasteiger partial charge in [0.05, 0.1) is 11.3 Å². The van der Waals surface area contributed by atoms with E-state index in [9.17, 15) is 0 Å². The van der Waals surface area contributed by atoms with E-state index >= 15 is 0 Å². The highest BCUT2D eigenvalue weighted by Gasteiger charge is 2.24. The van der Waals surface area contributed by atoms with Gasteiger partial charge < -0.3 is 11.1 Å². The molecule has 0 aliphatic carbocycles. The minimum atomic E-state index is 0.365. The van der Waals surface area contributed by atoms with Gasteiger partial charge in [0.1, 0.15) is 5.82 Å². The van der Waals surface area contributed by atoms with Crippen LogP contribution in [-0.2, 0) is 6.42 Å². The molecule has 1 atom stereocenters. The number of rotatable bonds is 4. The molecule has 1 aliphatic heterocycles. The van der Waals surface area contributed by atoms with E-state index in [2.05, 4.69) is 63.0 Å². The molecule has 3 N–H and O–H groups in total. The molecule has 0 saturated carbocycles. The maximum absolute atomic E-state index is 6.30. The summed E-state index contributed by atoms with van der Waals surface area (Å²) in [6, 6.07) is 19.1. The summed E-state index contributed by atoms with van der Waals surface area (Å²) in [5.41, 5.74) is 10.8. The Hall–Kier alpha value is -3.84. The predicted molar refractivity (Wildman–Crippen MR) is 126 cm³/mol. The van der Waals surface area contributed by atoms with Crippen LogP contribution in [0.15, 0.2) is 67.0 Å². The fourth-order valence-electron chi connectivity index (χ4n) is 4.67. The summed E-state index contributed by atoms with van der Waals surface area (Å²) >= 11 is 0. The standard InChI is InChI=1S/C25H23N7/c26-25-31-30-24-22(19-8-7-16-4-1-2-5-18(16)14-19)23(17-9-12-27-13-10-17)29-21(32(24)25)15-20-6-3-11-28-20/h1-2,4-5,7-10,12-14,20,28H,3,6,11,15H2,(H2,26,31)/t20-/m0/s1. The number of hydrogen-bond donors (Lipinski definition) is 2. The number of pyridine rings is 1. The van der Waals surface area contributed by atoms with Gasteiger partial charge in [-0.25, -0.2) is 9.38 Å². The summed E-state index contributed by atoms with van der Waals surface area (Å²) in [6.07, 6.45) is 6.67. The minimum Gasteiger partial charge on any atom is -0.368 e. The number of nitrogens with one attached hydrogen (secondary N) is 1. The molecule has 1 fully saturated rings. The van der Waals surface area contributed by atoms with Crippen LogP contribution in [-0.4, -0.2) is 37.2 Å². The fraction of sp³-hybridized carbons (Fsp3) is 0.200. The molecule has 1 aliphatic rings. The van der Waals surface area contributed by atoms with Crippen LogP contribution in [0.5, 0.6) is 0 Å². The van der Waals surface area contributed by atoms with Crippen molar-refractivity contribution in [1.82, 2.24) is 29.9 Å². The lowest BCUT2D eigenvalue weighted by atomic mass is 9.97. The first-order valence-corrected chi connectivity index (χ1v) is 10.9. The summed E-state index contributed by atoms with van der Waals surface area (Å²) in [6.45, 7) is 1.04. The summed E-state index contributed by atoms with van der Waals surface area (Å²) in [4.78, 5) is 9.35. The van der Waals surface area contributed by atoms with Crippen LogP contribution in [0.4, 0.5) is 5.95 Å². The van der Waals surface area contributed by atoms with Crippen LogP contribution < -0.4 is 11.1 Å². The van der Waals surface area contributed by atoms with Gasteiger partial charge >= 0.3 is 0 Å². The van der Waals surface area contributed by atoms with Crippen molar-refractivity contribution in [2.24, 2.45) is 0 Å². The maximum Gasteiger partial charge on any atom is 0.227 e. The molecule has 6 rings (SSSR count). The zero-order valence-electron chi connectivity index (χ0n) is 17.6. The van der Waals surface area contributed by atoms with Gasteiger partial charge in [0.2, 0.25) is 5.95 Å². The molecule has 2 aromatic carbocycles. The Balaban J connectivity index is 1.64.